The van der Waals surface area contributed by atoms with Crippen LogP contribution in [-0.2, 0) is 32.6 Å². The van der Waals surface area contributed by atoms with Gasteiger partial charge in [-0.1, -0.05) is 101 Å². The minimum absolute atomic E-state index is 0.0721. The van der Waals surface area contributed by atoms with Gasteiger partial charge in [0.2, 0.25) is 11.8 Å². The van der Waals surface area contributed by atoms with Crippen LogP contribution < -0.4 is 9.62 Å². The van der Waals surface area contributed by atoms with E-state index in [0.29, 0.717) is 16.7 Å². The number of hydrogen-bond acceptors (Lipinski definition) is 4. The highest BCUT2D eigenvalue weighted by Gasteiger charge is 2.34. The molecule has 0 aliphatic rings. The van der Waals surface area contributed by atoms with Gasteiger partial charge in [0.25, 0.3) is 10.0 Å². The van der Waals surface area contributed by atoms with Gasteiger partial charge in [0.05, 0.1) is 10.6 Å². The average Bonchev–Trinajstić information content (AvgIpc) is 3.01. The molecule has 4 rings (SSSR count). The van der Waals surface area contributed by atoms with Gasteiger partial charge in [-0.25, -0.2) is 8.42 Å². The average molecular weight is 677 g/mol. The van der Waals surface area contributed by atoms with E-state index < -0.39 is 28.5 Å². The van der Waals surface area contributed by atoms with Crippen molar-refractivity contribution < 1.29 is 18.0 Å². The van der Waals surface area contributed by atoms with Gasteiger partial charge in [-0.15, -0.1) is 0 Å². The third kappa shape index (κ3) is 8.36. The molecule has 0 aliphatic carbocycles. The molecule has 1 N–H and O–H groups in total. The third-order valence-electron chi connectivity index (χ3n) is 7.41. The lowest BCUT2D eigenvalue weighted by atomic mass is 10.0. The molecule has 0 bridgehead atoms. The SMILES string of the molecule is CCCNC(=O)[C@@H](Cc1ccccc1)N(Cc1ccccc1C)C(=O)CN(c1cccc(Br)c1)S(=O)(=O)c1ccc(C)cc1. The van der Waals surface area contributed by atoms with E-state index >= 15 is 0 Å². The molecule has 0 saturated carbocycles. The van der Waals surface area contributed by atoms with E-state index in [1.807, 2.05) is 75.4 Å². The zero-order valence-electron chi connectivity index (χ0n) is 25.2. The number of anilines is 1. The highest BCUT2D eigenvalue weighted by atomic mass is 79.9. The summed E-state index contributed by atoms with van der Waals surface area (Å²) in [6, 6.07) is 29.7. The molecule has 44 heavy (non-hydrogen) atoms. The number of nitrogens with one attached hydrogen (secondary N) is 1. The molecule has 0 fully saturated rings. The Bertz CT molecular complexity index is 1680. The summed E-state index contributed by atoms with van der Waals surface area (Å²) in [6.07, 6.45) is 1.01. The van der Waals surface area contributed by atoms with Gasteiger partial charge in [-0.05, 0) is 67.3 Å². The molecule has 0 spiro atoms. The Morgan fingerprint density at radius 3 is 2.20 bits per heavy atom. The lowest BCUT2D eigenvalue weighted by Crippen LogP contribution is -2.53. The highest BCUT2D eigenvalue weighted by molar-refractivity contribution is 9.10. The second-order valence-corrected chi connectivity index (χ2v) is 13.5. The van der Waals surface area contributed by atoms with Crippen LogP contribution in [0.25, 0.3) is 0 Å². The Morgan fingerprint density at radius 2 is 1.55 bits per heavy atom. The molecule has 9 heteroatoms. The molecule has 7 nitrogen and oxygen atoms in total. The van der Waals surface area contributed by atoms with Crippen LogP contribution in [0.1, 0.15) is 35.6 Å². The zero-order valence-corrected chi connectivity index (χ0v) is 27.6. The smallest absolute Gasteiger partial charge is 0.264 e. The van der Waals surface area contributed by atoms with Crippen LogP contribution in [-0.4, -0.2) is 44.3 Å². The maximum Gasteiger partial charge on any atom is 0.264 e. The maximum atomic E-state index is 14.5. The van der Waals surface area contributed by atoms with Crippen LogP contribution in [0.4, 0.5) is 5.69 Å². The first-order valence-corrected chi connectivity index (χ1v) is 16.8. The van der Waals surface area contributed by atoms with E-state index in [9.17, 15) is 18.0 Å². The topological polar surface area (TPSA) is 86.8 Å². The molecule has 0 radical (unpaired) electrons. The van der Waals surface area contributed by atoms with Crippen LogP contribution >= 0.6 is 15.9 Å². The van der Waals surface area contributed by atoms with Crippen molar-refractivity contribution in [2.75, 3.05) is 17.4 Å². The molecular formula is C35H38BrN3O4S. The van der Waals surface area contributed by atoms with Crippen molar-refractivity contribution in [2.24, 2.45) is 0 Å². The molecule has 4 aromatic carbocycles. The first-order chi connectivity index (χ1) is 21.1. The monoisotopic (exact) mass is 675 g/mol. The first kappa shape index (κ1) is 33.0. The number of rotatable bonds is 13. The van der Waals surface area contributed by atoms with E-state index in [-0.39, 0.29) is 23.8 Å². The minimum atomic E-state index is -4.15. The molecule has 0 saturated heterocycles. The van der Waals surface area contributed by atoms with Crippen molar-refractivity contribution in [1.82, 2.24) is 10.2 Å². The number of sulfonamides is 1. The summed E-state index contributed by atoms with van der Waals surface area (Å²) in [6.45, 7) is 5.91. The van der Waals surface area contributed by atoms with Gasteiger partial charge in [0.15, 0.2) is 0 Å². The van der Waals surface area contributed by atoms with Crippen LogP contribution in [0.3, 0.4) is 0 Å². The van der Waals surface area contributed by atoms with Gasteiger partial charge in [-0.2, -0.15) is 0 Å². The molecular weight excluding hydrogens is 638 g/mol. The fraction of sp³-hybridized carbons (Fsp3) is 0.257. The van der Waals surface area contributed by atoms with Crippen LogP contribution in [0.15, 0.2) is 112 Å². The van der Waals surface area contributed by atoms with Crippen molar-refractivity contribution >= 4 is 43.5 Å². The summed E-state index contributed by atoms with van der Waals surface area (Å²) in [5.74, 6) is -0.774. The summed E-state index contributed by atoms with van der Waals surface area (Å²) < 4.78 is 30.0. The Labute approximate surface area is 269 Å². The maximum absolute atomic E-state index is 14.5. The number of hydrogen-bond donors (Lipinski definition) is 1. The molecule has 0 unspecified atom stereocenters. The first-order valence-electron chi connectivity index (χ1n) is 14.6. The van der Waals surface area contributed by atoms with Crippen molar-refractivity contribution in [3.8, 4) is 0 Å². The van der Waals surface area contributed by atoms with E-state index in [2.05, 4.69) is 21.2 Å². The number of benzene rings is 4. The number of aryl methyl sites for hydroxylation is 2. The lowest BCUT2D eigenvalue weighted by Gasteiger charge is -2.34. The Balaban J connectivity index is 1.80. The van der Waals surface area contributed by atoms with Crippen molar-refractivity contribution in [1.29, 1.82) is 0 Å². The van der Waals surface area contributed by atoms with E-state index in [0.717, 1.165) is 33.0 Å². The molecule has 230 valence electrons. The van der Waals surface area contributed by atoms with Crippen molar-refractivity contribution in [3.63, 3.8) is 0 Å². The summed E-state index contributed by atoms with van der Waals surface area (Å²) in [5.41, 5.74) is 3.98. The quantitative estimate of drug-likeness (QED) is 0.177. The van der Waals surface area contributed by atoms with E-state index in [1.165, 1.54) is 4.90 Å². The minimum Gasteiger partial charge on any atom is -0.354 e. The number of halogens is 1. The molecule has 0 aliphatic heterocycles. The number of nitrogens with zero attached hydrogens (tertiary/aromatic N) is 2. The molecule has 1 atom stereocenters. The zero-order chi connectivity index (χ0) is 31.7. The Hall–Kier alpha value is -3.95. The number of carbonyl (C=O) groups is 2. The van der Waals surface area contributed by atoms with E-state index in [1.54, 1.807) is 48.5 Å². The van der Waals surface area contributed by atoms with E-state index in [4.69, 9.17) is 0 Å². The van der Waals surface area contributed by atoms with Gasteiger partial charge in [-0.3, -0.25) is 13.9 Å². The van der Waals surface area contributed by atoms with Crippen LogP contribution in [0, 0.1) is 13.8 Å². The third-order valence-corrected chi connectivity index (χ3v) is 9.69. The lowest BCUT2D eigenvalue weighted by molar-refractivity contribution is -0.140. The fourth-order valence-corrected chi connectivity index (χ4v) is 6.68. The predicted octanol–water partition coefficient (Wildman–Crippen LogP) is 6.43. The predicted molar refractivity (Wildman–Crippen MR) is 179 cm³/mol. The number of carbonyl (C=O) groups excluding carboxylic acids is 2. The fourth-order valence-electron chi connectivity index (χ4n) is 4.89. The summed E-state index contributed by atoms with van der Waals surface area (Å²) in [4.78, 5) is 29.8. The number of amides is 2. The van der Waals surface area contributed by atoms with Gasteiger partial charge < -0.3 is 10.2 Å². The molecule has 0 aromatic heterocycles. The van der Waals surface area contributed by atoms with Crippen LogP contribution in [0.2, 0.25) is 0 Å². The Kier molecular flexibility index (Phi) is 11.4. The standard InChI is InChI=1S/C35H38BrN3O4S/c1-4-21-37-35(41)33(22-28-12-6-5-7-13-28)38(24-29-14-9-8-11-27(29)3)34(40)25-39(31-16-10-15-30(36)23-31)44(42,43)32-19-17-26(2)18-20-32/h5-20,23,33H,4,21-22,24-25H2,1-3H3,(H,37,41)/t33-/m1/s1. The second-order valence-electron chi connectivity index (χ2n) is 10.7. The summed E-state index contributed by atoms with van der Waals surface area (Å²) in [5, 5.41) is 2.97. The van der Waals surface area contributed by atoms with Gasteiger partial charge in [0, 0.05) is 24.0 Å². The second kappa shape index (κ2) is 15.2. The largest absolute Gasteiger partial charge is 0.354 e. The summed E-state index contributed by atoms with van der Waals surface area (Å²) in [7, 11) is -4.15. The van der Waals surface area contributed by atoms with Crippen molar-refractivity contribution in [2.45, 2.75) is 51.1 Å². The Morgan fingerprint density at radius 1 is 0.864 bits per heavy atom. The van der Waals surface area contributed by atoms with Gasteiger partial charge >= 0.3 is 0 Å². The highest BCUT2D eigenvalue weighted by Crippen LogP contribution is 2.27. The molecule has 0 heterocycles. The molecule has 2 amide bonds. The summed E-state index contributed by atoms with van der Waals surface area (Å²) >= 11 is 3.44. The van der Waals surface area contributed by atoms with Crippen LogP contribution in [0.5, 0.6) is 0 Å². The molecule has 4 aromatic rings. The van der Waals surface area contributed by atoms with Crippen molar-refractivity contribution in [3.05, 3.63) is 130 Å². The normalized spacial score (nSPS) is 11.9. The van der Waals surface area contributed by atoms with Gasteiger partial charge in [0.1, 0.15) is 12.6 Å².